The van der Waals surface area contributed by atoms with Crippen molar-refractivity contribution in [2.45, 2.75) is 32.2 Å². The van der Waals surface area contributed by atoms with Crippen molar-refractivity contribution in [2.75, 3.05) is 26.8 Å². The molecule has 1 N–H and O–H groups in total. The van der Waals surface area contributed by atoms with Crippen LogP contribution in [-0.4, -0.2) is 68.7 Å². The Bertz CT molecular complexity index is 1460. The maximum Gasteiger partial charge on any atom is 0.269 e. The Balaban J connectivity index is 1.40. The van der Waals surface area contributed by atoms with Gasteiger partial charge in [-0.25, -0.2) is 4.98 Å². The number of fused-ring (bicyclic) bond motifs is 1. The van der Waals surface area contributed by atoms with E-state index in [0.717, 1.165) is 11.3 Å². The Labute approximate surface area is 221 Å². The summed E-state index contributed by atoms with van der Waals surface area (Å²) in [7, 11) is 3.30. The van der Waals surface area contributed by atoms with E-state index in [1.54, 1.807) is 32.5 Å². The van der Waals surface area contributed by atoms with Gasteiger partial charge in [0.05, 0.1) is 19.3 Å². The lowest BCUT2D eigenvalue weighted by Crippen LogP contribution is -2.51. The maximum atomic E-state index is 13.7. The number of aryl methyl sites for hydroxylation is 2. The Morgan fingerprint density at radius 3 is 2.71 bits per heavy atom. The summed E-state index contributed by atoms with van der Waals surface area (Å²) in [4.78, 5) is 33.2. The predicted molar refractivity (Wildman–Crippen MR) is 142 cm³/mol. The molecule has 2 amide bonds. The highest BCUT2D eigenvalue weighted by Gasteiger charge is 2.35. The smallest absolute Gasteiger partial charge is 0.269 e. The average molecular weight is 517 g/mol. The first-order chi connectivity index (χ1) is 18.4. The molecule has 0 saturated carbocycles. The summed E-state index contributed by atoms with van der Waals surface area (Å²) < 4.78 is 14.4. The van der Waals surface area contributed by atoms with Crippen LogP contribution in [0.25, 0.3) is 5.65 Å². The third-order valence-corrected chi connectivity index (χ3v) is 7.05. The van der Waals surface area contributed by atoms with E-state index in [1.807, 2.05) is 59.7 Å². The molecule has 0 spiro atoms. The van der Waals surface area contributed by atoms with Crippen molar-refractivity contribution in [2.24, 2.45) is 7.05 Å². The van der Waals surface area contributed by atoms with Gasteiger partial charge in [-0.3, -0.25) is 14.3 Å². The normalized spacial score (nSPS) is 17.4. The van der Waals surface area contributed by atoms with Crippen molar-refractivity contribution >= 4 is 17.5 Å². The Hall–Kier alpha value is -4.34. The second-order valence-electron chi connectivity index (χ2n) is 9.45. The number of rotatable bonds is 7. The molecule has 1 aliphatic rings. The summed E-state index contributed by atoms with van der Waals surface area (Å²) in [6, 6.07) is 13.2. The molecule has 0 radical (unpaired) electrons. The fraction of sp³-hybridized carbons (Fsp3) is 0.357. The number of likely N-dealkylation sites (tertiary alicyclic amines) is 1. The van der Waals surface area contributed by atoms with E-state index in [4.69, 9.17) is 9.47 Å². The zero-order chi connectivity index (χ0) is 26.8. The van der Waals surface area contributed by atoms with Gasteiger partial charge >= 0.3 is 0 Å². The number of nitrogens with one attached hydrogen (secondary N) is 1. The second-order valence-corrected chi connectivity index (χ2v) is 9.45. The summed E-state index contributed by atoms with van der Waals surface area (Å²) >= 11 is 0. The van der Waals surface area contributed by atoms with E-state index in [-0.39, 0.29) is 23.8 Å². The van der Waals surface area contributed by atoms with Crippen molar-refractivity contribution in [3.8, 4) is 11.6 Å². The minimum Gasteiger partial charge on any atom is -0.493 e. The van der Waals surface area contributed by atoms with Crippen LogP contribution in [0.5, 0.6) is 11.6 Å². The molecule has 0 unspecified atom stereocenters. The number of piperidine rings is 1. The molecule has 4 aromatic rings. The standard InChI is InChI=1S/C28H32N6O4/c1-5-38-25-14-23(32(3)31-25)27(35)30-22-11-12-33(17-21(22)19-9-7-6-8-10-19)28(36)20-13-24(37-4)26-29-15-18(2)34(26)16-20/h6-10,13-16,21-22H,5,11-12,17H2,1-4H3,(H,30,35)/t21-,22-/m1/s1. The third kappa shape index (κ3) is 4.81. The lowest BCUT2D eigenvalue weighted by molar-refractivity contribution is 0.0670. The van der Waals surface area contributed by atoms with E-state index in [2.05, 4.69) is 15.4 Å². The highest BCUT2D eigenvalue weighted by Crippen LogP contribution is 2.30. The molecule has 198 valence electrons. The first kappa shape index (κ1) is 25.3. The van der Waals surface area contributed by atoms with Crippen LogP contribution in [0.3, 0.4) is 0 Å². The van der Waals surface area contributed by atoms with Gasteiger partial charge < -0.3 is 24.1 Å². The van der Waals surface area contributed by atoms with Gasteiger partial charge in [0.25, 0.3) is 11.8 Å². The van der Waals surface area contributed by atoms with Crippen LogP contribution in [-0.2, 0) is 7.05 Å². The van der Waals surface area contributed by atoms with Crippen molar-refractivity contribution in [1.29, 1.82) is 0 Å². The number of hydrogen-bond acceptors (Lipinski definition) is 6. The average Bonchev–Trinajstić information content (AvgIpc) is 3.50. The van der Waals surface area contributed by atoms with Crippen LogP contribution in [0.2, 0.25) is 0 Å². The summed E-state index contributed by atoms with van der Waals surface area (Å²) in [5, 5.41) is 7.46. The van der Waals surface area contributed by atoms with Gasteiger partial charge in [-0.1, -0.05) is 30.3 Å². The fourth-order valence-corrected chi connectivity index (χ4v) is 5.08. The van der Waals surface area contributed by atoms with Crippen molar-refractivity contribution in [3.05, 3.63) is 77.4 Å². The molecule has 1 aromatic carbocycles. The van der Waals surface area contributed by atoms with Gasteiger partial charge in [-0.05, 0) is 31.9 Å². The number of nitrogens with zero attached hydrogens (tertiary/aromatic N) is 5. The number of pyridine rings is 1. The summed E-state index contributed by atoms with van der Waals surface area (Å²) in [6.45, 7) is 5.25. The molecule has 0 aliphatic carbocycles. The molecule has 10 nitrogen and oxygen atoms in total. The number of ether oxygens (including phenoxy) is 2. The van der Waals surface area contributed by atoms with Crippen molar-refractivity contribution in [1.82, 2.24) is 29.4 Å². The molecule has 38 heavy (non-hydrogen) atoms. The Morgan fingerprint density at radius 2 is 1.97 bits per heavy atom. The number of benzene rings is 1. The number of imidazole rings is 1. The summed E-state index contributed by atoms with van der Waals surface area (Å²) in [5.74, 6) is 0.575. The SMILES string of the molecule is CCOc1cc(C(=O)N[C@@H]2CCN(C(=O)c3cc(OC)c4ncc(C)n4c3)C[C@@H]2c2ccccc2)n(C)n1. The molecule has 5 rings (SSSR count). The first-order valence-corrected chi connectivity index (χ1v) is 12.7. The molecule has 0 bridgehead atoms. The summed E-state index contributed by atoms with van der Waals surface area (Å²) in [5.41, 5.74) is 3.61. The van der Waals surface area contributed by atoms with Crippen molar-refractivity contribution in [3.63, 3.8) is 0 Å². The number of carbonyl (C=O) groups excluding carboxylic acids is 2. The molecule has 1 aliphatic heterocycles. The highest BCUT2D eigenvalue weighted by atomic mass is 16.5. The number of hydrogen-bond donors (Lipinski definition) is 1. The molecule has 4 heterocycles. The van der Waals surface area contributed by atoms with Crippen LogP contribution in [0.1, 0.15) is 51.4 Å². The van der Waals surface area contributed by atoms with E-state index in [1.165, 1.54) is 4.68 Å². The van der Waals surface area contributed by atoms with E-state index in [0.29, 0.717) is 54.7 Å². The molecule has 3 aromatic heterocycles. The molecular formula is C28H32N6O4. The number of carbonyl (C=O) groups is 2. The van der Waals surface area contributed by atoms with Gasteiger partial charge in [0.1, 0.15) is 5.69 Å². The number of aromatic nitrogens is 4. The van der Waals surface area contributed by atoms with E-state index in [9.17, 15) is 9.59 Å². The molecule has 2 atom stereocenters. The Morgan fingerprint density at radius 1 is 1.18 bits per heavy atom. The zero-order valence-corrected chi connectivity index (χ0v) is 22.0. The van der Waals surface area contributed by atoms with Crippen LogP contribution >= 0.6 is 0 Å². The largest absolute Gasteiger partial charge is 0.493 e. The van der Waals surface area contributed by atoms with Gasteiger partial charge in [-0.15, -0.1) is 5.10 Å². The molecule has 1 fully saturated rings. The monoisotopic (exact) mass is 516 g/mol. The number of amides is 2. The van der Waals surface area contributed by atoms with Gasteiger partial charge in [0.15, 0.2) is 11.4 Å². The minimum atomic E-state index is -0.220. The van der Waals surface area contributed by atoms with Crippen LogP contribution in [0, 0.1) is 6.92 Å². The Kier molecular flexibility index (Phi) is 7.04. The first-order valence-electron chi connectivity index (χ1n) is 12.7. The quantitative estimate of drug-likeness (QED) is 0.405. The van der Waals surface area contributed by atoms with Gasteiger partial charge in [0, 0.05) is 56.3 Å². The summed E-state index contributed by atoms with van der Waals surface area (Å²) in [6.07, 6.45) is 4.17. The maximum absolute atomic E-state index is 13.7. The minimum absolute atomic E-state index is 0.0851. The van der Waals surface area contributed by atoms with Crippen LogP contribution < -0.4 is 14.8 Å². The fourth-order valence-electron chi connectivity index (χ4n) is 5.08. The molecular weight excluding hydrogens is 484 g/mol. The second kappa shape index (κ2) is 10.6. The van der Waals surface area contributed by atoms with Gasteiger partial charge in [0.2, 0.25) is 5.88 Å². The lowest BCUT2D eigenvalue weighted by atomic mass is 9.85. The van der Waals surface area contributed by atoms with Crippen molar-refractivity contribution < 1.29 is 19.1 Å². The zero-order valence-electron chi connectivity index (χ0n) is 22.0. The van der Waals surface area contributed by atoms with Crippen LogP contribution in [0.4, 0.5) is 0 Å². The lowest BCUT2D eigenvalue weighted by Gasteiger charge is -2.39. The highest BCUT2D eigenvalue weighted by molar-refractivity contribution is 5.95. The third-order valence-electron chi connectivity index (χ3n) is 7.05. The molecule has 10 heteroatoms. The molecule has 1 saturated heterocycles. The van der Waals surface area contributed by atoms with Gasteiger partial charge in [-0.2, -0.15) is 0 Å². The van der Waals surface area contributed by atoms with E-state index < -0.39 is 0 Å². The predicted octanol–water partition coefficient (Wildman–Crippen LogP) is 3.21. The topological polar surface area (TPSA) is 103 Å². The number of methoxy groups -OCH3 is 1. The van der Waals surface area contributed by atoms with Crippen LogP contribution in [0.15, 0.2) is 54.9 Å². The van der Waals surface area contributed by atoms with E-state index >= 15 is 0 Å².